The monoisotopic (exact) mass is 379 g/mol. The van der Waals surface area contributed by atoms with Gasteiger partial charge in [-0.15, -0.1) is 0 Å². The normalized spacial score (nSPS) is 15.7. The molecule has 0 atom stereocenters. The zero-order chi connectivity index (χ0) is 19.4. The summed E-state index contributed by atoms with van der Waals surface area (Å²) in [6.45, 7) is 2.92. The predicted molar refractivity (Wildman–Crippen MR) is 97.2 cm³/mol. The topological polar surface area (TPSA) is 46.9 Å². The summed E-state index contributed by atoms with van der Waals surface area (Å²) >= 11 is 0. The molecule has 1 N–H and O–H groups in total. The number of hydrogen-bond acceptors (Lipinski definition) is 2. The SMILES string of the molecule is CCn1nc(C(=O)NCC2CCCCC2)cc1-c1cccc(C(F)(F)F)c1. The minimum atomic E-state index is -4.41. The second-order valence-electron chi connectivity index (χ2n) is 7.02. The largest absolute Gasteiger partial charge is 0.416 e. The van der Waals surface area contributed by atoms with Crippen molar-refractivity contribution < 1.29 is 18.0 Å². The number of aryl methyl sites for hydroxylation is 1. The van der Waals surface area contributed by atoms with E-state index in [2.05, 4.69) is 10.4 Å². The van der Waals surface area contributed by atoms with Crippen molar-refractivity contribution in [2.45, 2.75) is 51.7 Å². The van der Waals surface area contributed by atoms with Gasteiger partial charge in [-0.1, -0.05) is 31.4 Å². The Kier molecular flexibility index (Phi) is 5.87. The van der Waals surface area contributed by atoms with Gasteiger partial charge in [0.25, 0.3) is 5.91 Å². The van der Waals surface area contributed by atoms with Crippen molar-refractivity contribution in [2.75, 3.05) is 6.54 Å². The highest BCUT2D eigenvalue weighted by Gasteiger charge is 2.30. The number of benzene rings is 1. The molecule has 1 aromatic heterocycles. The van der Waals surface area contributed by atoms with Crippen LogP contribution < -0.4 is 5.32 Å². The molecule has 4 nitrogen and oxygen atoms in total. The predicted octanol–water partition coefficient (Wildman–Crippen LogP) is 4.90. The van der Waals surface area contributed by atoms with Crippen LogP contribution in [0.4, 0.5) is 13.2 Å². The van der Waals surface area contributed by atoms with Crippen LogP contribution in [0.2, 0.25) is 0 Å². The maximum absolute atomic E-state index is 13.0. The van der Waals surface area contributed by atoms with Crippen molar-refractivity contribution in [2.24, 2.45) is 5.92 Å². The van der Waals surface area contributed by atoms with Crippen LogP contribution in [0.5, 0.6) is 0 Å². The smallest absolute Gasteiger partial charge is 0.350 e. The van der Waals surface area contributed by atoms with Gasteiger partial charge in [0, 0.05) is 18.7 Å². The lowest BCUT2D eigenvalue weighted by Gasteiger charge is -2.21. The number of alkyl halides is 3. The number of carbonyl (C=O) groups is 1. The molecule has 27 heavy (non-hydrogen) atoms. The molecule has 0 saturated heterocycles. The van der Waals surface area contributed by atoms with Gasteiger partial charge < -0.3 is 5.32 Å². The van der Waals surface area contributed by atoms with Crippen molar-refractivity contribution >= 4 is 5.91 Å². The molecule has 2 aromatic rings. The fourth-order valence-corrected chi connectivity index (χ4v) is 3.57. The summed E-state index contributed by atoms with van der Waals surface area (Å²) < 4.78 is 40.5. The first-order valence-electron chi connectivity index (χ1n) is 9.42. The van der Waals surface area contributed by atoms with Crippen molar-refractivity contribution in [1.29, 1.82) is 0 Å². The number of amides is 1. The fraction of sp³-hybridized carbons (Fsp3) is 0.500. The minimum absolute atomic E-state index is 0.236. The first-order valence-corrected chi connectivity index (χ1v) is 9.42. The average molecular weight is 379 g/mol. The van der Waals surface area contributed by atoms with Crippen LogP contribution in [0.1, 0.15) is 55.1 Å². The third-order valence-electron chi connectivity index (χ3n) is 5.07. The third-order valence-corrected chi connectivity index (χ3v) is 5.07. The van der Waals surface area contributed by atoms with E-state index in [1.165, 1.54) is 25.3 Å². The molecule has 1 amide bonds. The van der Waals surface area contributed by atoms with Gasteiger partial charge >= 0.3 is 6.18 Å². The van der Waals surface area contributed by atoms with Gasteiger partial charge in [0.1, 0.15) is 0 Å². The van der Waals surface area contributed by atoms with E-state index in [0.29, 0.717) is 30.3 Å². The zero-order valence-electron chi connectivity index (χ0n) is 15.4. The second-order valence-corrected chi connectivity index (χ2v) is 7.02. The molecular weight excluding hydrogens is 355 g/mol. The van der Waals surface area contributed by atoms with Gasteiger partial charge in [0.2, 0.25) is 0 Å². The average Bonchev–Trinajstić information content (AvgIpc) is 3.11. The summed E-state index contributed by atoms with van der Waals surface area (Å²) in [6.07, 6.45) is 1.49. The third kappa shape index (κ3) is 4.70. The summed E-state index contributed by atoms with van der Waals surface area (Å²) in [4.78, 5) is 12.5. The molecule has 0 radical (unpaired) electrons. The first kappa shape index (κ1) is 19.5. The van der Waals surface area contributed by atoms with Gasteiger partial charge in [0.05, 0.1) is 11.3 Å². The van der Waals surface area contributed by atoms with E-state index in [4.69, 9.17) is 0 Å². The number of rotatable bonds is 5. The summed E-state index contributed by atoms with van der Waals surface area (Å²) in [5.41, 5.74) is 0.421. The van der Waals surface area contributed by atoms with Crippen LogP contribution in [0.25, 0.3) is 11.3 Å². The molecule has 0 bridgehead atoms. The van der Waals surface area contributed by atoms with Gasteiger partial charge in [-0.2, -0.15) is 18.3 Å². The highest BCUT2D eigenvalue weighted by molar-refractivity contribution is 5.93. The summed E-state index contributed by atoms with van der Waals surface area (Å²) in [5.74, 6) is 0.222. The highest BCUT2D eigenvalue weighted by atomic mass is 19.4. The molecule has 1 saturated carbocycles. The molecule has 1 fully saturated rings. The van der Waals surface area contributed by atoms with Crippen LogP contribution in [-0.2, 0) is 12.7 Å². The number of aromatic nitrogens is 2. The first-order chi connectivity index (χ1) is 12.9. The van der Waals surface area contributed by atoms with Gasteiger partial charge in [-0.3, -0.25) is 9.48 Å². The van der Waals surface area contributed by atoms with Crippen molar-refractivity contribution in [3.63, 3.8) is 0 Å². The summed E-state index contributed by atoms with van der Waals surface area (Å²) in [7, 11) is 0. The molecule has 1 aliphatic carbocycles. The van der Waals surface area contributed by atoms with E-state index in [1.54, 1.807) is 16.8 Å². The Labute approximate surface area is 156 Å². The van der Waals surface area contributed by atoms with E-state index in [1.807, 2.05) is 6.92 Å². The molecule has 7 heteroatoms. The van der Waals surface area contributed by atoms with Gasteiger partial charge in [-0.05, 0) is 43.9 Å². The number of nitrogens with zero attached hydrogens (tertiary/aromatic N) is 2. The van der Waals surface area contributed by atoms with E-state index >= 15 is 0 Å². The van der Waals surface area contributed by atoms with Crippen LogP contribution in [0.15, 0.2) is 30.3 Å². The Bertz CT molecular complexity index is 792. The molecule has 1 aromatic carbocycles. The summed E-state index contributed by atoms with van der Waals surface area (Å²) in [6, 6.07) is 6.66. The van der Waals surface area contributed by atoms with Crippen molar-refractivity contribution in [3.8, 4) is 11.3 Å². The standard InChI is InChI=1S/C20H24F3N3O/c1-2-26-18(15-9-6-10-16(11-15)20(21,22)23)12-17(25-26)19(27)24-13-14-7-4-3-5-8-14/h6,9-12,14H,2-5,7-8,13H2,1H3,(H,24,27). The number of hydrogen-bond donors (Lipinski definition) is 1. The van der Waals surface area contributed by atoms with E-state index < -0.39 is 11.7 Å². The van der Waals surface area contributed by atoms with Gasteiger partial charge in [0.15, 0.2) is 5.69 Å². The molecule has 146 valence electrons. The molecular formula is C20H24F3N3O. The minimum Gasteiger partial charge on any atom is -0.350 e. The van der Waals surface area contributed by atoms with E-state index in [9.17, 15) is 18.0 Å². The quantitative estimate of drug-likeness (QED) is 0.803. The number of carbonyl (C=O) groups excluding carboxylic acids is 1. The molecule has 0 unspecified atom stereocenters. The van der Waals surface area contributed by atoms with Crippen molar-refractivity contribution in [3.05, 3.63) is 41.6 Å². The van der Waals surface area contributed by atoms with Gasteiger partial charge in [-0.25, -0.2) is 0 Å². The highest BCUT2D eigenvalue weighted by Crippen LogP contribution is 2.32. The summed E-state index contributed by atoms with van der Waals surface area (Å²) in [5, 5.41) is 7.21. The Hall–Kier alpha value is -2.31. The molecule has 1 aliphatic rings. The second kappa shape index (κ2) is 8.15. The van der Waals surface area contributed by atoms with Crippen LogP contribution in [0, 0.1) is 5.92 Å². The number of halogens is 3. The van der Waals surface area contributed by atoms with E-state index in [0.717, 1.165) is 25.0 Å². The lowest BCUT2D eigenvalue weighted by atomic mass is 9.89. The van der Waals surface area contributed by atoms with Crippen LogP contribution in [-0.4, -0.2) is 22.2 Å². The van der Waals surface area contributed by atoms with Crippen LogP contribution >= 0.6 is 0 Å². The molecule has 0 aliphatic heterocycles. The molecule has 0 spiro atoms. The Balaban J connectivity index is 1.78. The molecule has 1 heterocycles. The molecule has 3 rings (SSSR count). The Morgan fingerprint density at radius 1 is 1.22 bits per heavy atom. The fourth-order valence-electron chi connectivity index (χ4n) is 3.57. The maximum atomic E-state index is 13.0. The Morgan fingerprint density at radius 3 is 2.63 bits per heavy atom. The number of nitrogens with one attached hydrogen (secondary N) is 1. The lowest BCUT2D eigenvalue weighted by Crippen LogP contribution is -2.30. The lowest BCUT2D eigenvalue weighted by molar-refractivity contribution is -0.137. The maximum Gasteiger partial charge on any atom is 0.416 e. The van der Waals surface area contributed by atoms with Crippen LogP contribution in [0.3, 0.4) is 0 Å². The Morgan fingerprint density at radius 2 is 1.96 bits per heavy atom. The van der Waals surface area contributed by atoms with Crippen molar-refractivity contribution in [1.82, 2.24) is 15.1 Å². The van der Waals surface area contributed by atoms with E-state index in [-0.39, 0.29) is 11.6 Å². The zero-order valence-corrected chi connectivity index (χ0v) is 15.4.